The molecule has 2 amide bonds. The van der Waals surface area contributed by atoms with Crippen LogP contribution in [0.25, 0.3) is 0 Å². The third-order valence-electron chi connectivity index (χ3n) is 7.63. The number of nitrogens with zero attached hydrogens (tertiary/aromatic N) is 2. The van der Waals surface area contributed by atoms with E-state index in [1.165, 1.54) is 0 Å². The third kappa shape index (κ3) is 5.25. The van der Waals surface area contributed by atoms with Crippen LogP contribution in [0.1, 0.15) is 51.7 Å². The molecule has 5 atom stereocenters. The van der Waals surface area contributed by atoms with Crippen molar-refractivity contribution in [2.24, 2.45) is 17.8 Å². The predicted octanol–water partition coefficient (Wildman–Crippen LogP) is 5.29. The van der Waals surface area contributed by atoms with Crippen molar-refractivity contribution in [2.45, 2.75) is 51.7 Å². The fraction of sp³-hybridized carbons (Fsp3) is 0.517. The number of halogens is 1. The lowest BCUT2D eigenvalue weighted by molar-refractivity contribution is -0.152. The Kier molecular flexibility index (Phi) is 7.40. The van der Waals surface area contributed by atoms with Gasteiger partial charge in [0, 0.05) is 49.0 Å². The van der Waals surface area contributed by atoms with Gasteiger partial charge in [-0.3, -0.25) is 4.79 Å². The second-order valence-electron chi connectivity index (χ2n) is 11.4. The summed E-state index contributed by atoms with van der Waals surface area (Å²) in [6.45, 7) is 11.1. The van der Waals surface area contributed by atoms with Gasteiger partial charge in [0.05, 0.1) is 11.5 Å². The van der Waals surface area contributed by atoms with Crippen LogP contribution in [0.3, 0.4) is 0 Å². The molecule has 7 heteroatoms. The minimum Gasteiger partial charge on any atom is -0.444 e. The average molecular weight is 513 g/mol. The van der Waals surface area contributed by atoms with Gasteiger partial charge in [0.1, 0.15) is 5.60 Å². The fourth-order valence-corrected chi connectivity index (χ4v) is 5.89. The van der Waals surface area contributed by atoms with Crippen molar-refractivity contribution in [3.8, 4) is 0 Å². The molecule has 4 rings (SSSR count). The van der Waals surface area contributed by atoms with Crippen LogP contribution < -0.4 is 0 Å². The first-order chi connectivity index (χ1) is 16.9. The Morgan fingerprint density at radius 1 is 0.917 bits per heavy atom. The quantitative estimate of drug-likeness (QED) is 0.606. The second kappa shape index (κ2) is 10.1. The molecule has 0 aromatic heterocycles. The number of benzene rings is 2. The molecular weight excluding hydrogens is 476 g/mol. The first-order valence-corrected chi connectivity index (χ1v) is 13.1. The summed E-state index contributed by atoms with van der Waals surface area (Å²) in [6.07, 6.45) is -0.407. The van der Waals surface area contributed by atoms with Crippen LogP contribution in [-0.4, -0.2) is 58.7 Å². The van der Waals surface area contributed by atoms with Gasteiger partial charge in [-0.1, -0.05) is 67.9 Å². The van der Waals surface area contributed by atoms with Gasteiger partial charge in [-0.05, 0) is 44.0 Å². The number of piperidine rings is 1. The lowest BCUT2D eigenvalue weighted by Gasteiger charge is -2.48. The van der Waals surface area contributed by atoms with Gasteiger partial charge in [0.2, 0.25) is 5.91 Å². The van der Waals surface area contributed by atoms with E-state index in [4.69, 9.17) is 16.3 Å². The van der Waals surface area contributed by atoms with Crippen molar-refractivity contribution in [3.05, 3.63) is 70.7 Å². The minimum atomic E-state index is -1.01. The molecule has 2 saturated heterocycles. The molecule has 2 fully saturated rings. The zero-order chi connectivity index (χ0) is 26.3. The summed E-state index contributed by atoms with van der Waals surface area (Å²) >= 11 is 6.12. The number of likely N-dealkylation sites (tertiary alicyclic amines) is 2. The van der Waals surface area contributed by atoms with Crippen molar-refractivity contribution < 1.29 is 19.4 Å². The van der Waals surface area contributed by atoms with Crippen molar-refractivity contribution in [2.75, 3.05) is 26.2 Å². The van der Waals surface area contributed by atoms with E-state index in [0.29, 0.717) is 31.2 Å². The monoisotopic (exact) mass is 512 g/mol. The number of ether oxygens (including phenoxy) is 1. The summed E-state index contributed by atoms with van der Waals surface area (Å²) in [6, 6.07) is 17.2. The van der Waals surface area contributed by atoms with Gasteiger partial charge >= 0.3 is 6.09 Å². The molecule has 2 aliphatic rings. The number of hydrogen-bond acceptors (Lipinski definition) is 4. The summed E-state index contributed by atoms with van der Waals surface area (Å²) in [5.74, 6) is -0.853. The molecule has 1 unspecified atom stereocenters. The SMILES string of the molecule is C[C@@H]1CN(C(=O)[C@@H]2CN(C(=O)OC(C)(C)C)C[C@H]2c2ccc(Cl)cc2)C[C@H](C)C1(O)c1ccccc1. The average Bonchev–Trinajstić information content (AvgIpc) is 3.27. The van der Waals surface area contributed by atoms with E-state index in [9.17, 15) is 14.7 Å². The number of hydrogen-bond donors (Lipinski definition) is 1. The third-order valence-corrected chi connectivity index (χ3v) is 7.88. The summed E-state index contributed by atoms with van der Waals surface area (Å²) in [7, 11) is 0. The van der Waals surface area contributed by atoms with Crippen LogP contribution in [0, 0.1) is 17.8 Å². The highest BCUT2D eigenvalue weighted by Crippen LogP contribution is 2.43. The second-order valence-corrected chi connectivity index (χ2v) is 11.8. The van der Waals surface area contributed by atoms with Gasteiger partial charge in [-0.25, -0.2) is 4.79 Å². The first kappa shape index (κ1) is 26.5. The maximum absolute atomic E-state index is 14.0. The number of amides is 2. The van der Waals surface area contributed by atoms with E-state index < -0.39 is 23.2 Å². The Labute approximate surface area is 219 Å². The lowest BCUT2D eigenvalue weighted by Crippen LogP contribution is -2.57. The van der Waals surface area contributed by atoms with Crippen molar-refractivity contribution in [1.82, 2.24) is 9.80 Å². The molecule has 1 N–H and O–H groups in total. The van der Waals surface area contributed by atoms with Gasteiger partial charge in [0.25, 0.3) is 0 Å². The number of carbonyl (C=O) groups excluding carboxylic acids is 2. The summed E-state index contributed by atoms with van der Waals surface area (Å²) < 4.78 is 5.62. The van der Waals surface area contributed by atoms with E-state index >= 15 is 0 Å². The Morgan fingerprint density at radius 3 is 2.06 bits per heavy atom. The molecule has 0 bridgehead atoms. The van der Waals surface area contributed by atoms with Gasteiger partial charge in [0.15, 0.2) is 0 Å². The van der Waals surface area contributed by atoms with Crippen molar-refractivity contribution in [3.63, 3.8) is 0 Å². The van der Waals surface area contributed by atoms with E-state index in [-0.39, 0.29) is 23.7 Å². The molecule has 0 spiro atoms. The van der Waals surface area contributed by atoms with Crippen LogP contribution in [0.5, 0.6) is 0 Å². The Hall–Kier alpha value is -2.57. The van der Waals surface area contributed by atoms with Crippen molar-refractivity contribution >= 4 is 23.6 Å². The van der Waals surface area contributed by atoms with E-state index in [2.05, 4.69) is 0 Å². The molecule has 6 nitrogen and oxygen atoms in total. The molecule has 36 heavy (non-hydrogen) atoms. The van der Waals surface area contributed by atoms with Crippen LogP contribution in [0.15, 0.2) is 54.6 Å². The minimum absolute atomic E-state index is 0.00909. The van der Waals surface area contributed by atoms with Crippen LogP contribution in [0.2, 0.25) is 5.02 Å². The highest BCUT2D eigenvalue weighted by atomic mass is 35.5. The Bertz CT molecular complexity index is 1070. The van der Waals surface area contributed by atoms with Gasteiger partial charge < -0.3 is 19.6 Å². The molecule has 194 valence electrons. The zero-order valence-corrected chi connectivity index (χ0v) is 22.5. The normalized spacial score (nSPS) is 28.8. The van der Waals surface area contributed by atoms with E-state index in [1.807, 2.05) is 94.1 Å². The van der Waals surface area contributed by atoms with Crippen molar-refractivity contribution in [1.29, 1.82) is 0 Å². The summed E-state index contributed by atoms with van der Waals surface area (Å²) in [4.78, 5) is 30.4. The molecule has 2 aromatic carbocycles. The predicted molar refractivity (Wildman–Crippen MR) is 141 cm³/mol. The Morgan fingerprint density at radius 2 is 1.50 bits per heavy atom. The molecule has 0 saturated carbocycles. The molecule has 2 aliphatic heterocycles. The van der Waals surface area contributed by atoms with E-state index in [1.54, 1.807) is 4.90 Å². The summed E-state index contributed by atoms with van der Waals surface area (Å²) in [5.41, 5.74) is 0.233. The van der Waals surface area contributed by atoms with Gasteiger partial charge in [-0.2, -0.15) is 0 Å². The highest BCUT2D eigenvalue weighted by Gasteiger charge is 2.49. The molecule has 2 heterocycles. The number of aliphatic hydroxyl groups is 1. The summed E-state index contributed by atoms with van der Waals surface area (Å²) in [5, 5.41) is 12.3. The van der Waals surface area contributed by atoms with Crippen LogP contribution in [-0.2, 0) is 15.1 Å². The molecule has 0 aliphatic carbocycles. The highest BCUT2D eigenvalue weighted by molar-refractivity contribution is 6.30. The standard InChI is InChI=1S/C29H37ClN2O4/c1-19-15-31(16-20(2)29(19,35)22-9-7-6-8-10-22)26(33)25-18-32(27(34)36-28(3,4)5)17-24(25)21-11-13-23(30)14-12-21/h6-14,19-20,24-25,35H,15-18H2,1-5H3/t19-,20+,24-,25+,29?/m0/s1. The zero-order valence-electron chi connectivity index (χ0n) is 21.8. The largest absolute Gasteiger partial charge is 0.444 e. The molecule has 0 radical (unpaired) electrons. The van der Waals surface area contributed by atoms with Crippen LogP contribution in [0.4, 0.5) is 4.79 Å². The lowest BCUT2D eigenvalue weighted by atomic mass is 9.70. The Balaban J connectivity index is 1.57. The van der Waals surface area contributed by atoms with Crippen LogP contribution >= 0.6 is 11.6 Å². The maximum atomic E-state index is 14.0. The number of carbonyl (C=O) groups is 2. The smallest absolute Gasteiger partial charge is 0.410 e. The molecular formula is C29H37ClN2O4. The fourth-order valence-electron chi connectivity index (χ4n) is 5.77. The van der Waals surface area contributed by atoms with E-state index in [0.717, 1.165) is 11.1 Å². The topological polar surface area (TPSA) is 70.1 Å². The maximum Gasteiger partial charge on any atom is 0.410 e. The molecule has 2 aromatic rings. The van der Waals surface area contributed by atoms with Gasteiger partial charge in [-0.15, -0.1) is 0 Å². The first-order valence-electron chi connectivity index (χ1n) is 12.7. The number of rotatable bonds is 3.